The van der Waals surface area contributed by atoms with E-state index in [9.17, 15) is 0 Å². The average molecular weight is 255 g/mol. The fourth-order valence-electron chi connectivity index (χ4n) is 2.24. The molecular formula is C15H17N3O. The molecule has 2 aromatic rings. The van der Waals surface area contributed by atoms with Gasteiger partial charge in [0.15, 0.2) is 0 Å². The van der Waals surface area contributed by atoms with E-state index in [0.717, 1.165) is 43.3 Å². The maximum absolute atomic E-state index is 5.45. The molecule has 3 rings (SSSR count). The summed E-state index contributed by atoms with van der Waals surface area (Å²) in [4.78, 5) is 8.98. The first kappa shape index (κ1) is 12.3. The van der Waals surface area contributed by atoms with Crippen LogP contribution in [0.4, 0.5) is 0 Å². The van der Waals surface area contributed by atoms with E-state index in [2.05, 4.69) is 27.4 Å². The maximum Gasteiger partial charge on any atom is 0.130 e. The lowest BCUT2D eigenvalue weighted by Gasteiger charge is -2.23. The highest BCUT2D eigenvalue weighted by molar-refractivity contribution is 5.58. The van der Waals surface area contributed by atoms with Crippen molar-refractivity contribution in [2.24, 2.45) is 0 Å². The predicted molar refractivity (Wildman–Crippen MR) is 73.8 cm³/mol. The summed E-state index contributed by atoms with van der Waals surface area (Å²) in [5, 5.41) is 3.42. The molecule has 1 aromatic carbocycles. The van der Waals surface area contributed by atoms with Crippen LogP contribution in [-0.2, 0) is 11.2 Å². The lowest BCUT2D eigenvalue weighted by atomic mass is 10.1. The van der Waals surface area contributed by atoms with Crippen LogP contribution in [0.2, 0.25) is 0 Å². The van der Waals surface area contributed by atoms with Crippen LogP contribution >= 0.6 is 0 Å². The summed E-state index contributed by atoms with van der Waals surface area (Å²) in [7, 11) is 0. The molecule has 1 aliphatic rings. The van der Waals surface area contributed by atoms with Crippen molar-refractivity contribution in [2.75, 3.05) is 19.8 Å². The summed E-state index contributed by atoms with van der Waals surface area (Å²) in [5.74, 6) is 0.865. The first-order chi connectivity index (χ1) is 9.42. The third-order valence-corrected chi connectivity index (χ3v) is 3.20. The van der Waals surface area contributed by atoms with E-state index in [0.29, 0.717) is 6.04 Å². The van der Waals surface area contributed by atoms with Crippen molar-refractivity contribution in [1.29, 1.82) is 0 Å². The van der Waals surface area contributed by atoms with Gasteiger partial charge >= 0.3 is 0 Å². The molecule has 1 N–H and O–H groups in total. The molecule has 1 atom stereocenters. The summed E-state index contributed by atoms with van der Waals surface area (Å²) < 4.78 is 5.45. The first-order valence-electron chi connectivity index (χ1n) is 6.60. The van der Waals surface area contributed by atoms with Gasteiger partial charge in [0.1, 0.15) is 5.82 Å². The molecule has 1 unspecified atom stereocenters. The molecule has 1 saturated heterocycles. The van der Waals surface area contributed by atoms with Gasteiger partial charge in [-0.3, -0.25) is 0 Å². The molecule has 0 radical (unpaired) electrons. The van der Waals surface area contributed by atoms with Crippen molar-refractivity contribution in [3.8, 4) is 11.3 Å². The van der Waals surface area contributed by atoms with Crippen LogP contribution in [0.3, 0.4) is 0 Å². The Morgan fingerprint density at radius 2 is 2.11 bits per heavy atom. The van der Waals surface area contributed by atoms with Gasteiger partial charge in [0.25, 0.3) is 0 Å². The van der Waals surface area contributed by atoms with Gasteiger partial charge in [-0.05, 0) is 6.07 Å². The SMILES string of the molecule is c1ccc(-c2ccnc(CC3COCCN3)n2)cc1. The highest BCUT2D eigenvalue weighted by atomic mass is 16.5. The molecule has 98 valence electrons. The van der Waals surface area contributed by atoms with E-state index in [-0.39, 0.29) is 0 Å². The Morgan fingerprint density at radius 1 is 1.21 bits per heavy atom. The molecule has 0 bridgehead atoms. The topological polar surface area (TPSA) is 47.0 Å². The number of nitrogens with zero attached hydrogens (tertiary/aromatic N) is 2. The van der Waals surface area contributed by atoms with E-state index >= 15 is 0 Å². The van der Waals surface area contributed by atoms with Gasteiger partial charge in [-0.1, -0.05) is 30.3 Å². The summed E-state index contributed by atoms with van der Waals surface area (Å²) in [5.41, 5.74) is 2.10. The molecule has 0 amide bonds. The van der Waals surface area contributed by atoms with E-state index < -0.39 is 0 Å². The minimum Gasteiger partial charge on any atom is -0.379 e. The van der Waals surface area contributed by atoms with Gasteiger partial charge in [-0.15, -0.1) is 0 Å². The molecule has 4 nitrogen and oxygen atoms in total. The minimum absolute atomic E-state index is 0.319. The number of ether oxygens (including phenoxy) is 1. The zero-order valence-corrected chi connectivity index (χ0v) is 10.7. The molecule has 4 heteroatoms. The second-order valence-corrected chi connectivity index (χ2v) is 4.65. The molecule has 0 spiro atoms. The molecule has 1 aliphatic heterocycles. The zero-order chi connectivity index (χ0) is 12.9. The molecule has 0 saturated carbocycles. The van der Waals surface area contributed by atoms with E-state index in [1.54, 1.807) is 0 Å². The molecule has 0 aliphatic carbocycles. The Labute approximate surface area is 112 Å². The zero-order valence-electron chi connectivity index (χ0n) is 10.7. The number of rotatable bonds is 3. The van der Waals surface area contributed by atoms with Gasteiger partial charge < -0.3 is 10.1 Å². The second kappa shape index (κ2) is 5.91. The molecule has 19 heavy (non-hydrogen) atoms. The number of hydrogen-bond acceptors (Lipinski definition) is 4. The smallest absolute Gasteiger partial charge is 0.130 e. The van der Waals surface area contributed by atoms with Crippen molar-refractivity contribution in [3.05, 3.63) is 48.4 Å². The Kier molecular flexibility index (Phi) is 3.81. The molecule has 1 fully saturated rings. The summed E-state index contributed by atoms with van der Waals surface area (Å²) in [6, 6.07) is 12.4. The van der Waals surface area contributed by atoms with Gasteiger partial charge in [0.05, 0.1) is 18.9 Å². The fourth-order valence-corrected chi connectivity index (χ4v) is 2.24. The van der Waals surface area contributed by atoms with Crippen molar-refractivity contribution in [3.63, 3.8) is 0 Å². The maximum atomic E-state index is 5.45. The summed E-state index contributed by atoms with van der Waals surface area (Å²) in [6.07, 6.45) is 2.63. The number of nitrogens with one attached hydrogen (secondary N) is 1. The van der Waals surface area contributed by atoms with Crippen molar-refractivity contribution < 1.29 is 4.74 Å². The fraction of sp³-hybridized carbons (Fsp3) is 0.333. The second-order valence-electron chi connectivity index (χ2n) is 4.65. The number of hydrogen-bond donors (Lipinski definition) is 1. The minimum atomic E-state index is 0.319. The van der Waals surface area contributed by atoms with Crippen LogP contribution in [0.25, 0.3) is 11.3 Å². The van der Waals surface area contributed by atoms with Crippen molar-refractivity contribution in [1.82, 2.24) is 15.3 Å². The van der Waals surface area contributed by atoms with Crippen LogP contribution in [0.15, 0.2) is 42.6 Å². The lowest BCUT2D eigenvalue weighted by Crippen LogP contribution is -2.42. The standard InChI is InChI=1S/C15H17N3O/c1-2-4-12(5-3-1)14-6-7-17-15(18-14)10-13-11-19-9-8-16-13/h1-7,13,16H,8-11H2. The highest BCUT2D eigenvalue weighted by Crippen LogP contribution is 2.16. The monoisotopic (exact) mass is 255 g/mol. The van der Waals surface area contributed by atoms with Gasteiger partial charge in [0.2, 0.25) is 0 Å². The van der Waals surface area contributed by atoms with Crippen LogP contribution < -0.4 is 5.32 Å². The van der Waals surface area contributed by atoms with Crippen LogP contribution in [-0.4, -0.2) is 35.8 Å². The third-order valence-electron chi connectivity index (χ3n) is 3.20. The molecule has 2 heterocycles. The molecular weight excluding hydrogens is 238 g/mol. The van der Waals surface area contributed by atoms with Crippen LogP contribution in [0, 0.1) is 0 Å². The van der Waals surface area contributed by atoms with Gasteiger partial charge in [-0.2, -0.15) is 0 Å². The number of morpholine rings is 1. The van der Waals surface area contributed by atoms with Gasteiger partial charge in [0, 0.05) is 30.8 Å². The first-order valence-corrected chi connectivity index (χ1v) is 6.60. The predicted octanol–water partition coefficient (Wildman–Crippen LogP) is 1.67. The Hall–Kier alpha value is -1.78. The van der Waals surface area contributed by atoms with Crippen molar-refractivity contribution >= 4 is 0 Å². The summed E-state index contributed by atoms with van der Waals surface area (Å²) in [6.45, 7) is 2.43. The Bertz CT molecular complexity index is 524. The normalized spacial score (nSPS) is 19.3. The quantitative estimate of drug-likeness (QED) is 0.906. The van der Waals surface area contributed by atoms with E-state index in [4.69, 9.17) is 4.74 Å². The number of aromatic nitrogens is 2. The van der Waals surface area contributed by atoms with Gasteiger partial charge in [-0.25, -0.2) is 9.97 Å². The lowest BCUT2D eigenvalue weighted by molar-refractivity contribution is 0.0764. The average Bonchev–Trinajstić information content (AvgIpc) is 2.49. The Balaban J connectivity index is 1.76. The molecule has 1 aromatic heterocycles. The third kappa shape index (κ3) is 3.16. The van der Waals surface area contributed by atoms with E-state index in [1.165, 1.54) is 0 Å². The largest absolute Gasteiger partial charge is 0.379 e. The Morgan fingerprint density at radius 3 is 2.89 bits per heavy atom. The highest BCUT2D eigenvalue weighted by Gasteiger charge is 2.15. The van der Waals surface area contributed by atoms with Crippen LogP contribution in [0.1, 0.15) is 5.82 Å². The van der Waals surface area contributed by atoms with Crippen molar-refractivity contribution in [2.45, 2.75) is 12.5 Å². The number of benzene rings is 1. The summed E-state index contributed by atoms with van der Waals surface area (Å²) >= 11 is 0. The van der Waals surface area contributed by atoms with Crippen LogP contribution in [0.5, 0.6) is 0 Å². The van der Waals surface area contributed by atoms with E-state index in [1.807, 2.05) is 30.5 Å².